The predicted octanol–water partition coefficient (Wildman–Crippen LogP) is 3.25. The Hall–Kier alpha value is -3.55. The number of benzene rings is 2. The molecule has 0 fully saturated rings. The largest absolute Gasteiger partial charge is 0.497 e. The molecule has 0 aliphatic carbocycles. The van der Waals surface area contributed by atoms with Gasteiger partial charge in [-0.1, -0.05) is 18.2 Å². The maximum absolute atomic E-state index is 11.1. The Labute approximate surface area is 149 Å². The molecule has 0 amide bonds. The van der Waals surface area contributed by atoms with Gasteiger partial charge in [0.15, 0.2) is 12.4 Å². The number of aliphatic carboxylic acids is 1. The van der Waals surface area contributed by atoms with Crippen LogP contribution in [0.3, 0.4) is 0 Å². The maximum Gasteiger partial charge on any atom is 0.341 e. The second-order valence-corrected chi connectivity index (χ2v) is 5.15. The van der Waals surface area contributed by atoms with E-state index in [0.717, 1.165) is 0 Å². The topological polar surface area (TPSA) is 108 Å². The molecule has 0 atom stereocenters. The van der Waals surface area contributed by atoms with Gasteiger partial charge in [-0.15, -0.1) is 0 Å². The van der Waals surface area contributed by atoms with Crippen molar-refractivity contribution in [3.63, 3.8) is 0 Å². The quantitative estimate of drug-likeness (QED) is 0.438. The van der Waals surface area contributed by atoms with Crippen molar-refractivity contribution in [3.05, 3.63) is 57.6 Å². The fourth-order valence-corrected chi connectivity index (χ4v) is 2.18. The van der Waals surface area contributed by atoms with E-state index < -0.39 is 17.5 Å². The van der Waals surface area contributed by atoms with E-state index in [4.69, 9.17) is 19.3 Å². The molecular weight excluding hydrogens is 342 g/mol. The first-order valence-electron chi connectivity index (χ1n) is 7.47. The average Bonchev–Trinajstić information content (AvgIpc) is 2.64. The molecule has 2 aromatic carbocycles. The van der Waals surface area contributed by atoms with Crippen LogP contribution < -0.4 is 14.2 Å². The van der Waals surface area contributed by atoms with Gasteiger partial charge in [-0.25, -0.2) is 4.79 Å². The van der Waals surface area contributed by atoms with Crippen molar-refractivity contribution in [2.24, 2.45) is 0 Å². The van der Waals surface area contributed by atoms with Crippen molar-refractivity contribution in [1.29, 1.82) is 0 Å². The van der Waals surface area contributed by atoms with Gasteiger partial charge < -0.3 is 19.3 Å². The lowest BCUT2D eigenvalue weighted by atomic mass is 10.1. The Morgan fingerprint density at radius 2 is 1.77 bits per heavy atom. The van der Waals surface area contributed by atoms with E-state index >= 15 is 0 Å². The van der Waals surface area contributed by atoms with Crippen LogP contribution in [-0.2, 0) is 4.79 Å². The zero-order chi connectivity index (χ0) is 19.1. The van der Waals surface area contributed by atoms with E-state index in [-0.39, 0.29) is 11.4 Å². The highest BCUT2D eigenvalue weighted by Crippen LogP contribution is 2.29. The molecule has 2 aromatic rings. The molecule has 0 spiro atoms. The third kappa shape index (κ3) is 4.97. The number of nitro benzene ring substituents is 1. The van der Waals surface area contributed by atoms with Gasteiger partial charge in [-0.2, -0.15) is 0 Å². The fourth-order valence-electron chi connectivity index (χ4n) is 2.18. The molecule has 0 heterocycles. The summed E-state index contributed by atoms with van der Waals surface area (Å²) in [6.45, 7) is -0.471. The third-order valence-electron chi connectivity index (χ3n) is 3.37. The summed E-state index contributed by atoms with van der Waals surface area (Å²) in [6.07, 6.45) is 3.39. The Morgan fingerprint density at radius 3 is 2.38 bits per heavy atom. The number of hydrogen-bond donors (Lipinski definition) is 1. The SMILES string of the molecule is COc1cc(C=Cc2ccc(OC)c([N+](=O)[O-])c2)cc(OCC(=O)O)c1. The highest BCUT2D eigenvalue weighted by molar-refractivity contribution is 5.73. The number of nitro groups is 1. The Balaban J connectivity index is 2.29. The van der Waals surface area contributed by atoms with Crippen LogP contribution in [0.4, 0.5) is 5.69 Å². The number of nitrogens with zero attached hydrogens (tertiary/aromatic N) is 1. The molecule has 0 aromatic heterocycles. The molecule has 0 radical (unpaired) electrons. The van der Waals surface area contributed by atoms with Gasteiger partial charge in [0, 0.05) is 12.1 Å². The zero-order valence-corrected chi connectivity index (χ0v) is 14.2. The molecule has 0 bridgehead atoms. The number of rotatable bonds is 8. The first kappa shape index (κ1) is 18.8. The summed E-state index contributed by atoms with van der Waals surface area (Å²) >= 11 is 0. The normalized spacial score (nSPS) is 10.5. The molecule has 1 N–H and O–H groups in total. The summed E-state index contributed by atoms with van der Waals surface area (Å²) in [7, 11) is 2.85. The summed E-state index contributed by atoms with van der Waals surface area (Å²) in [4.78, 5) is 21.2. The van der Waals surface area contributed by atoms with Crippen LogP contribution in [0.1, 0.15) is 11.1 Å². The number of methoxy groups -OCH3 is 2. The standard InChI is InChI=1S/C18H17NO7/c1-24-14-7-13(8-15(10-14)26-11-18(20)21)4-3-12-5-6-17(25-2)16(9-12)19(22)23/h3-10H,11H2,1-2H3,(H,20,21). The van der Waals surface area contributed by atoms with Crippen molar-refractivity contribution in [1.82, 2.24) is 0 Å². The summed E-state index contributed by atoms with van der Waals surface area (Å²) < 4.78 is 15.3. The van der Waals surface area contributed by atoms with Gasteiger partial charge in [0.25, 0.3) is 0 Å². The minimum absolute atomic E-state index is 0.134. The Bertz CT molecular complexity index is 845. The fraction of sp³-hybridized carbons (Fsp3) is 0.167. The van der Waals surface area contributed by atoms with E-state index in [1.54, 1.807) is 36.4 Å². The minimum Gasteiger partial charge on any atom is -0.497 e. The lowest BCUT2D eigenvalue weighted by Gasteiger charge is -2.08. The van der Waals surface area contributed by atoms with E-state index in [2.05, 4.69) is 0 Å². The number of carbonyl (C=O) groups is 1. The van der Waals surface area contributed by atoms with Gasteiger partial charge in [0.2, 0.25) is 0 Å². The lowest BCUT2D eigenvalue weighted by Crippen LogP contribution is -2.09. The van der Waals surface area contributed by atoms with Crippen molar-refractivity contribution < 1.29 is 29.0 Å². The van der Waals surface area contributed by atoms with Crippen LogP contribution in [-0.4, -0.2) is 36.8 Å². The molecule has 0 saturated heterocycles. The van der Waals surface area contributed by atoms with Gasteiger partial charge in [-0.05, 0) is 29.3 Å². The second-order valence-electron chi connectivity index (χ2n) is 5.15. The van der Waals surface area contributed by atoms with E-state index in [1.165, 1.54) is 26.4 Å². The predicted molar refractivity (Wildman–Crippen MR) is 94.7 cm³/mol. The lowest BCUT2D eigenvalue weighted by molar-refractivity contribution is -0.385. The highest BCUT2D eigenvalue weighted by Gasteiger charge is 2.14. The minimum atomic E-state index is -1.09. The molecule has 0 unspecified atom stereocenters. The van der Waals surface area contributed by atoms with E-state index in [1.807, 2.05) is 0 Å². The molecule has 136 valence electrons. The second kappa shape index (κ2) is 8.52. The monoisotopic (exact) mass is 359 g/mol. The molecule has 0 aliphatic rings. The van der Waals surface area contributed by atoms with Gasteiger partial charge in [-0.3, -0.25) is 10.1 Å². The van der Waals surface area contributed by atoms with Gasteiger partial charge >= 0.3 is 11.7 Å². The number of ether oxygens (including phenoxy) is 3. The number of carboxylic acid groups (broad SMARTS) is 1. The van der Waals surface area contributed by atoms with Crippen LogP contribution in [0, 0.1) is 10.1 Å². The van der Waals surface area contributed by atoms with Crippen molar-refractivity contribution in [3.8, 4) is 17.2 Å². The summed E-state index contributed by atoms with van der Waals surface area (Å²) in [6, 6.07) is 9.53. The van der Waals surface area contributed by atoms with Crippen LogP contribution in [0.2, 0.25) is 0 Å². The van der Waals surface area contributed by atoms with Crippen LogP contribution in [0.5, 0.6) is 17.2 Å². The first-order valence-corrected chi connectivity index (χ1v) is 7.47. The van der Waals surface area contributed by atoms with Crippen molar-refractivity contribution >= 4 is 23.8 Å². The summed E-state index contributed by atoms with van der Waals surface area (Å²) in [5.41, 5.74) is 1.15. The van der Waals surface area contributed by atoms with E-state index in [9.17, 15) is 14.9 Å². The van der Waals surface area contributed by atoms with E-state index in [0.29, 0.717) is 22.6 Å². The maximum atomic E-state index is 11.1. The third-order valence-corrected chi connectivity index (χ3v) is 3.37. The smallest absolute Gasteiger partial charge is 0.341 e. The highest BCUT2D eigenvalue weighted by atomic mass is 16.6. The molecule has 0 saturated carbocycles. The molecule has 2 rings (SSSR count). The molecular formula is C18H17NO7. The van der Waals surface area contributed by atoms with Gasteiger partial charge in [0.1, 0.15) is 11.5 Å². The van der Waals surface area contributed by atoms with Gasteiger partial charge in [0.05, 0.1) is 19.1 Å². The number of carboxylic acids is 1. The Morgan fingerprint density at radius 1 is 1.08 bits per heavy atom. The molecule has 8 nitrogen and oxygen atoms in total. The first-order chi connectivity index (χ1) is 12.4. The van der Waals surface area contributed by atoms with Crippen LogP contribution >= 0.6 is 0 Å². The van der Waals surface area contributed by atoms with Crippen molar-refractivity contribution in [2.45, 2.75) is 0 Å². The summed E-state index contributed by atoms with van der Waals surface area (Å²) in [5.74, 6) is -0.0753. The molecule has 26 heavy (non-hydrogen) atoms. The average molecular weight is 359 g/mol. The van der Waals surface area contributed by atoms with Crippen LogP contribution in [0.15, 0.2) is 36.4 Å². The zero-order valence-electron chi connectivity index (χ0n) is 14.2. The molecule has 8 heteroatoms. The Kier molecular flexibility index (Phi) is 6.15. The number of hydrogen-bond acceptors (Lipinski definition) is 6. The van der Waals surface area contributed by atoms with Crippen LogP contribution in [0.25, 0.3) is 12.2 Å². The molecule has 0 aliphatic heterocycles. The summed E-state index contributed by atoms with van der Waals surface area (Å²) in [5, 5.41) is 19.8. The van der Waals surface area contributed by atoms with Crippen molar-refractivity contribution in [2.75, 3.05) is 20.8 Å².